The van der Waals surface area contributed by atoms with Crippen LogP contribution in [0.5, 0.6) is 0 Å². The highest BCUT2D eigenvalue weighted by Crippen LogP contribution is 2.20. The van der Waals surface area contributed by atoms with Crippen LogP contribution in [0.4, 0.5) is 0 Å². The molecule has 0 aromatic rings. The van der Waals surface area contributed by atoms with Gasteiger partial charge < -0.3 is 10.1 Å². The van der Waals surface area contributed by atoms with Gasteiger partial charge in [-0.05, 0) is 31.9 Å². The van der Waals surface area contributed by atoms with Crippen molar-refractivity contribution in [1.29, 1.82) is 0 Å². The van der Waals surface area contributed by atoms with Crippen molar-refractivity contribution in [1.82, 2.24) is 5.32 Å². The predicted molar refractivity (Wildman–Crippen MR) is 65.0 cm³/mol. The summed E-state index contributed by atoms with van der Waals surface area (Å²) < 4.78 is 28.4. The van der Waals surface area contributed by atoms with Crippen LogP contribution in [0.2, 0.25) is 0 Å². The molecule has 0 saturated carbocycles. The Hall–Kier alpha value is -0.550. The Labute approximate surface area is 98.0 Å². The summed E-state index contributed by atoms with van der Waals surface area (Å²) in [5, 5.41) is 2.81. The molecule has 1 rings (SSSR count). The second-order valence-electron chi connectivity index (χ2n) is 4.24. The molecule has 0 aliphatic carbocycles. The summed E-state index contributed by atoms with van der Waals surface area (Å²) in [6.45, 7) is 5.21. The van der Waals surface area contributed by atoms with Crippen LogP contribution in [0.15, 0.2) is 11.8 Å². The van der Waals surface area contributed by atoms with E-state index in [1.54, 1.807) is 13.2 Å². The molecule has 2 unspecified atom stereocenters. The van der Waals surface area contributed by atoms with Crippen molar-refractivity contribution in [2.45, 2.75) is 38.0 Å². The molecule has 4 nitrogen and oxygen atoms in total. The van der Waals surface area contributed by atoms with Crippen LogP contribution < -0.4 is 5.32 Å². The molecule has 1 aliphatic rings. The molecule has 5 heteroatoms. The highest BCUT2D eigenvalue weighted by Gasteiger charge is 2.29. The maximum absolute atomic E-state index is 11.6. The van der Waals surface area contributed by atoms with Crippen LogP contribution >= 0.6 is 0 Å². The summed E-state index contributed by atoms with van der Waals surface area (Å²) in [5.74, 6) is 0. The lowest BCUT2D eigenvalue weighted by Gasteiger charge is -2.28. The minimum atomic E-state index is -3.03. The predicted octanol–water partition coefficient (Wildman–Crippen LogP) is 1.09. The normalized spacial score (nSPS) is 20.8. The van der Waals surface area contributed by atoms with Crippen LogP contribution in [-0.4, -0.2) is 39.1 Å². The van der Waals surface area contributed by atoms with E-state index in [2.05, 4.69) is 5.32 Å². The fourth-order valence-electron chi connectivity index (χ4n) is 1.88. The van der Waals surface area contributed by atoms with E-state index in [1.807, 2.05) is 6.92 Å². The zero-order valence-corrected chi connectivity index (χ0v) is 11.0. The topological polar surface area (TPSA) is 55.4 Å². The Morgan fingerprint density at radius 1 is 1.56 bits per heavy atom. The minimum Gasteiger partial charge on any atom is -0.501 e. The van der Waals surface area contributed by atoms with Gasteiger partial charge in [0.2, 0.25) is 0 Å². The van der Waals surface area contributed by atoms with Gasteiger partial charge in [0, 0.05) is 12.3 Å². The van der Waals surface area contributed by atoms with E-state index in [4.69, 9.17) is 4.74 Å². The third-order valence-electron chi connectivity index (χ3n) is 2.93. The number of sulfone groups is 1. The molecular formula is C11H21NO3S. The third kappa shape index (κ3) is 3.49. The van der Waals surface area contributed by atoms with Crippen LogP contribution in [0.3, 0.4) is 0 Å². The summed E-state index contributed by atoms with van der Waals surface area (Å²) in [4.78, 5) is 0. The molecule has 0 aromatic heterocycles. The standard InChI is InChI=1S/C11H21NO3S/c1-4-12-11(9(2)16(3,13)14)10-6-5-7-15-8-10/h8-9,11-12H,4-7H2,1-3H3. The highest BCUT2D eigenvalue weighted by atomic mass is 32.2. The van der Waals surface area contributed by atoms with Crippen molar-refractivity contribution in [3.63, 3.8) is 0 Å². The number of ether oxygens (including phenoxy) is 1. The van der Waals surface area contributed by atoms with Crippen LogP contribution in [-0.2, 0) is 14.6 Å². The molecule has 0 saturated heterocycles. The van der Waals surface area contributed by atoms with Gasteiger partial charge in [-0.15, -0.1) is 0 Å². The quantitative estimate of drug-likeness (QED) is 0.790. The number of rotatable bonds is 5. The smallest absolute Gasteiger partial charge is 0.151 e. The molecule has 0 radical (unpaired) electrons. The molecule has 1 aliphatic heterocycles. The van der Waals surface area contributed by atoms with Crippen molar-refractivity contribution in [2.75, 3.05) is 19.4 Å². The van der Waals surface area contributed by atoms with Gasteiger partial charge in [-0.25, -0.2) is 8.42 Å². The van der Waals surface area contributed by atoms with E-state index >= 15 is 0 Å². The van der Waals surface area contributed by atoms with Crippen molar-refractivity contribution >= 4 is 9.84 Å². The lowest BCUT2D eigenvalue weighted by molar-refractivity contribution is 0.219. The first kappa shape index (κ1) is 13.5. The summed E-state index contributed by atoms with van der Waals surface area (Å²) in [5.41, 5.74) is 1.06. The second kappa shape index (κ2) is 5.68. The zero-order chi connectivity index (χ0) is 12.2. The first-order chi connectivity index (χ1) is 7.46. The molecule has 2 atom stereocenters. The largest absolute Gasteiger partial charge is 0.501 e. The molecule has 0 bridgehead atoms. The van der Waals surface area contributed by atoms with E-state index in [1.165, 1.54) is 6.26 Å². The number of likely N-dealkylation sites (N-methyl/N-ethyl adjacent to an activating group) is 1. The Morgan fingerprint density at radius 2 is 2.25 bits per heavy atom. The molecule has 1 heterocycles. The summed E-state index contributed by atoms with van der Waals surface area (Å²) in [6, 6.07) is -0.125. The van der Waals surface area contributed by atoms with Gasteiger partial charge in [-0.3, -0.25) is 0 Å². The maximum atomic E-state index is 11.6. The first-order valence-electron chi connectivity index (χ1n) is 5.69. The van der Waals surface area contributed by atoms with Gasteiger partial charge >= 0.3 is 0 Å². The lowest BCUT2D eigenvalue weighted by atomic mass is 10.00. The van der Waals surface area contributed by atoms with Gasteiger partial charge in [0.15, 0.2) is 9.84 Å². The number of hydrogen-bond donors (Lipinski definition) is 1. The van der Waals surface area contributed by atoms with Crippen molar-refractivity contribution < 1.29 is 13.2 Å². The Balaban J connectivity index is 2.85. The van der Waals surface area contributed by atoms with E-state index in [-0.39, 0.29) is 6.04 Å². The van der Waals surface area contributed by atoms with Gasteiger partial charge in [0.1, 0.15) is 0 Å². The maximum Gasteiger partial charge on any atom is 0.151 e. The Morgan fingerprint density at radius 3 is 2.69 bits per heavy atom. The van der Waals surface area contributed by atoms with Gasteiger partial charge in [-0.2, -0.15) is 0 Å². The fourth-order valence-corrected chi connectivity index (χ4v) is 2.64. The van der Waals surface area contributed by atoms with E-state index in [0.29, 0.717) is 0 Å². The monoisotopic (exact) mass is 247 g/mol. The minimum absolute atomic E-state index is 0.125. The molecule has 0 fully saturated rings. The van der Waals surface area contributed by atoms with Crippen LogP contribution in [0.25, 0.3) is 0 Å². The first-order valence-corrected chi connectivity index (χ1v) is 7.65. The summed E-state index contributed by atoms with van der Waals surface area (Å²) in [6.07, 6.45) is 4.88. The van der Waals surface area contributed by atoms with Crippen molar-refractivity contribution in [2.24, 2.45) is 0 Å². The lowest BCUT2D eigenvalue weighted by Crippen LogP contribution is -2.44. The fraction of sp³-hybridized carbons (Fsp3) is 0.818. The zero-order valence-electron chi connectivity index (χ0n) is 10.2. The average Bonchev–Trinajstić information content (AvgIpc) is 2.25. The summed E-state index contributed by atoms with van der Waals surface area (Å²) in [7, 11) is -3.03. The van der Waals surface area contributed by atoms with Crippen LogP contribution in [0, 0.1) is 0 Å². The molecule has 1 N–H and O–H groups in total. The molecular weight excluding hydrogens is 226 g/mol. The van der Waals surface area contributed by atoms with Gasteiger partial charge in [0.25, 0.3) is 0 Å². The number of nitrogens with one attached hydrogen (secondary N) is 1. The molecule has 94 valence electrons. The van der Waals surface area contributed by atoms with Gasteiger partial charge in [-0.1, -0.05) is 6.92 Å². The molecule has 0 amide bonds. The number of hydrogen-bond acceptors (Lipinski definition) is 4. The Bertz CT molecular complexity index is 348. The second-order valence-corrected chi connectivity index (χ2v) is 6.64. The van der Waals surface area contributed by atoms with E-state index < -0.39 is 15.1 Å². The molecule has 16 heavy (non-hydrogen) atoms. The van der Waals surface area contributed by atoms with E-state index in [0.717, 1.165) is 31.6 Å². The van der Waals surface area contributed by atoms with Gasteiger partial charge in [0.05, 0.1) is 18.1 Å². The highest BCUT2D eigenvalue weighted by molar-refractivity contribution is 7.91. The molecule has 0 spiro atoms. The van der Waals surface area contributed by atoms with Crippen molar-refractivity contribution in [3.05, 3.63) is 11.8 Å². The molecule has 0 aromatic carbocycles. The average molecular weight is 247 g/mol. The Kier molecular flexibility index (Phi) is 4.80. The van der Waals surface area contributed by atoms with E-state index in [9.17, 15) is 8.42 Å². The third-order valence-corrected chi connectivity index (χ3v) is 4.55. The van der Waals surface area contributed by atoms with Crippen molar-refractivity contribution in [3.8, 4) is 0 Å². The van der Waals surface area contributed by atoms with Crippen LogP contribution in [0.1, 0.15) is 26.7 Å². The SMILES string of the molecule is CCNC(C1=COCCC1)C(C)S(C)(=O)=O. The summed E-state index contributed by atoms with van der Waals surface area (Å²) >= 11 is 0.